The SMILES string of the molecule is CN=C(NCCOc1ccc(C(F)(F)F)cn1)NCCc1ccc(OC)c(OC)c1. The lowest BCUT2D eigenvalue weighted by Gasteiger charge is -2.13. The lowest BCUT2D eigenvalue weighted by molar-refractivity contribution is -0.137. The van der Waals surface area contributed by atoms with Crippen molar-refractivity contribution in [3.05, 3.63) is 47.7 Å². The summed E-state index contributed by atoms with van der Waals surface area (Å²) < 4.78 is 53.4. The second-order valence-corrected chi connectivity index (χ2v) is 6.10. The minimum absolute atomic E-state index is 0.126. The number of guanidine groups is 1. The Hall–Kier alpha value is -3.17. The number of nitrogens with one attached hydrogen (secondary N) is 2. The summed E-state index contributed by atoms with van der Waals surface area (Å²) in [7, 11) is 4.82. The van der Waals surface area contributed by atoms with Gasteiger partial charge in [-0.3, -0.25) is 4.99 Å². The summed E-state index contributed by atoms with van der Waals surface area (Å²) >= 11 is 0. The third-order valence-electron chi connectivity index (χ3n) is 4.09. The van der Waals surface area contributed by atoms with Gasteiger partial charge in [0, 0.05) is 25.9 Å². The summed E-state index contributed by atoms with van der Waals surface area (Å²) in [5, 5.41) is 6.24. The number of rotatable bonds is 9. The van der Waals surface area contributed by atoms with Crippen LogP contribution in [0.5, 0.6) is 17.4 Å². The molecule has 0 bridgehead atoms. The van der Waals surface area contributed by atoms with E-state index < -0.39 is 11.7 Å². The van der Waals surface area contributed by atoms with Gasteiger partial charge in [-0.2, -0.15) is 13.2 Å². The van der Waals surface area contributed by atoms with Crippen LogP contribution < -0.4 is 24.8 Å². The van der Waals surface area contributed by atoms with Crippen LogP contribution >= 0.6 is 0 Å². The average molecular weight is 426 g/mol. The second kappa shape index (κ2) is 11.1. The zero-order chi connectivity index (χ0) is 22.0. The minimum Gasteiger partial charge on any atom is -0.493 e. The number of hydrogen-bond acceptors (Lipinski definition) is 5. The van der Waals surface area contributed by atoms with Gasteiger partial charge in [0.2, 0.25) is 5.88 Å². The Morgan fingerprint density at radius 1 is 1.03 bits per heavy atom. The van der Waals surface area contributed by atoms with E-state index in [9.17, 15) is 13.2 Å². The minimum atomic E-state index is -4.41. The van der Waals surface area contributed by atoms with E-state index in [2.05, 4.69) is 20.6 Å². The molecule has 30 heavy (non-hydrogen) atoms. The normalized spacial score (nSPS) is 11.7. The topological polar surface area (TPSA) is 77.0 Å². The van der Waals surface area contributed by atoms with Crippen LogP contribution in [0.2, 0.25) is 0 Å². The standard InChI is InChI=1S/C20H25F3N4O3/c1-24-19(25-9-8-14-4-6-16(28-2)17(12-14)29-3)26-10-11-30-18-7-5-15(13-27-18)20(21,22)23/h4-7,12-13H,8-11H2,1-3H3,(H2,24,25,26). The number of methoxy groups -OCH3 is 2. The highest BCUT2D eigenvalue weighted by Crippen LogP contribution is 2.29. The number of ether oxygens (including phenoxy) is 3. The highest BCUT2D eigenvalue weighted by molar-refractivity contribution is 5.79. The summed E-state index contributed by atoms with van der Waals surface area (Å²) in [6.45, 7) is 1.25. The first-order chi connectivity index (χ1) is 14.4. The average Bonchev–Trinajstić information content (AvgIpc) is 2.74. The maximum atomic E-state index is 12.5. The van der Waals surface area contributed by atoms with Crippen molar-refractivity contribution in [1.29, 1.82) is 0 Å². The van der Waals surface area contributed by atoms with Gasteiger partial charge >= 0.3 is 6.18 Å². The van der Waals surface area contributed by atoms with Crippen LogP contribution in [0.3, 0.4) is 0 Å². The van der Waals surface area contributed by atoms with Crippen molar-refractivity contribution < 1.29 is 27.4 Å². The molecule has 0 spiro atoms. The van der Waals surface area contributed by atoms with E-state index in [1.54, 1.807) is 21.3 Å². The number of hydrogen-bond donors (Lipinski definition) is 2. The van der Waals surface area contributed by atoms with Gasteiger partial charge in [0.05, 0.1) is 26.3 Å². The van der Waals surface area contributed by atoms with Gasteiger partial charge in [0.15, 0.2) is 17.5 Å². The van der Waals surface area contributed by atoms with Crippen LogP contribution in [-0.2, 0) is 12.6 Å². The maximum Gasteiger partial charge on any atom is 0.417 e. The fourth-order valence-corrected chi connectivity index (χ4v) is 2.54. The third-order valence-corrected chi connectivity index (χ3v) is 4.09. The van der Waals surface area contributed by atoms with Gasteiger partial charge in [-0.05, 0) is 30.2 Å². The van der Waals surface area contributed by atoms with Crippen molar-refractivity contribution in [2.45, 2.75) is 12.6 Å². The van der Waals surface area contributed by atoms with Crippen LogP contribution in [0.1, 0.15) is 11.1 Å². The molecule has 0 fully saturated rings. The molecule has 1 aromatic carbocycles. The molecule has 0 saturated heterocycles. The van der Waals surface area contributed by atoms with E-state index in [1.165, 1.54) is 6.07 Å². The van der Waals surface area contributed by atoms with Crippen molar-refractivity contribution >= 4 is 5.96 Å². The van der Waals surface area contributed by atoms with E-state index in [1.807, 2.05) is 18.2 Å². The molecule has 164 valence electrons. The maximum absolute atomic E-state index is 12.5. The molecule has 0 atom stereocenters. The van der Waals surface area contributed by atoms with Crippen LogP contribution in [-0.4, -0.2) is 51.9 Å². The first-order valence-corrected chi connectivity index (χ1v) is 9.19. The van der Waals surface area contributed by atoms with Crippen molar-refractivity contribution in [3.63, 3.8) is 0 Å². The summed E-state index contributed by atoms with van der Waals surface area (Å²) in [5.41, 5.74) is 0.263. The molecule has 0 aliphatic heterocycles. The summed E-state index contributed by atoms with van der Waals surface area (Å²) in [4.78, 5) is 7.77. The Balaban J connectivity index is 1.71. The summed E-state index contributed by atoms with van der Waals surface area (Å²) in [5.74, 6) is 2.06. The van der Waals surface area contributed by atoms with Crippen molar-refractivity contribution in [2.24, 2.45) is 4.99 Å². The lowest BCUT2D eigenvalue weighted by Crippen LogP contribution is -2.40. The Kier molecular flexibility index (Phi) is 8.57. The number of halogens is 3. The van der Waals surface area contributed by atoms with Crippen LogP contribution in [0.25, 0.3) is 0 Å². The summed E-state index contributed by atoms with van der Waals surface area (Å²) in [6, 6.07) is 7.86. The molecule has 10 heteroatoms. The number of aromatic nitrogens is 1. The van der Waals surface area contributed by atoms with Crippen molar-refractivity contribution in [2.75, 3.05) is 41.0 Å². The molecule has 2 aromatic rings. The molecular weight excluding hydrogens is 401 g/mol. The predicted molar refractivity (Wildman–Crippen MR) is 107 cm³/mol. The van der Waals surface area contributed by atoms with Gasteiger partial charge in [-0.25, -0.2) is 4.98 Å². The number of aliphatic imine (C=N–C) groups is 1. The molecule has 2 N–H and O–H groups in total. The van der Waals surface area contributed by atoms with E-state index in [0.29, 0.717) is 30.5 Å². The molecule has 0 aliphatic rings. The highest BCUT2D eigenvalue weighted by Gasteiger charge is 2.30. The van der Waals surface area contributed by atoms with Gasteiger partial charge < -0.3 is 24.8 Å². The second-order valence-electron chi connectivity index (χ2n) is 6.10. The number of benzene rings is 1. The lowest BCUT2D eigenvalue weighted by atomic mass is 10.1. The molecule has 1 heterocycles. The molecule has 2 rings (SSSR count). The molecule has 0 unspecified atom stereocenters. The van der Waals surface area contributed by atoms with Crippen LogP contribution in [0, 0.1) is 0 Å². The number of alkyl halides is 3. The van der Waals surface area contributed by atoms with Gasteiger partial charge in [-0.1, -0.05) is 6.07 Å². The largest absolute Gasteiger partial charge is 0.493 e. The van der Waals surface area contributed by atoms with Gasteiger partial charge in [0.25, 0.3) is 0 Å². The summed E-state index contributed by atoms with van der Waals surface area (Å²) in [6.07, 6.45) is -2.92. The van der Waals surface area contributed by atoms with E-state index in [0.717, 1.165) is 24.2 Å². The smallest absolute Gasteiger partial charge is 0.417 e. The number of nitrogens with zero attached hydrogens (tertiary/aromatic N) is 2. The fraction of sp³-hybridized carbons (Fsp3) is 0.400. The van der Waals surface area contributed by atoms with Crippen LogP contribution in [0.4, 0.5) is 13.2 Å². The van der Waals surface area contributed by atoms with Crippen molar-refractivity contribution in [3.8, 4) is 17.4 Å². The molecule has 0 amide bonds. The fourth-order valence-electron chi connectivity index (χ4n) is 2.54. The first-order valence-electron chi connectivity index (χ1n) is 9.19. The third kappa shape index (κ3) is 7.02. The van der Waals surface area contributed by atoms with E-state index >= 15 is 0 Å². The Bertz CT molecular complexity index is 827. The molecule has 0 radical (unpaired) electrons. The van der Waals surface area contributed by atoms with E-state index in [-0.39, 0.29) is 12.5 Å². The van der Waals surface area contributed by atoms with Crippen LogP contribution in [0.15, 0.2) is 41.5 Å². The zero-order valence-corrected chi connectivity index (χ0v) is 17.0. The number of pyridine rings is 1. The molecular formula is C20H25F3N4O3. The zero-order valence-electron chi connectivity index (χ0n) is 17.0. The first kappa shape index (κ1) is 23.1. The molecule has 0 aliphatic carbocycles. The Morgan fingerprint density at radius 3 is 2.37 bits per heavy atom. The predicted octanol–water partition coefficient (Wildman–Crippen LogP) is 2.90. The van der Waals surface area contributed by atoms with Crippen molar-refractivity contribution in [1.82, 2.24) is 15.6 Å². The van der Waals surface area contributed by atoms with E-state index in [4.69, 9.17) is 14.2 Å². The monoisotopic (exact) mass is 426 g/mol. The quantitative estimate of drug-likeness (QED) is 0.365. The van der Waals surface area contributed by atoms with Gasteiger partial charge in [0.1, 0.15) is 6.61 Å². The Morgan fingerprint density at radius 2 is 1.77 bits per heavy atom. The molecule has 0 saturated carbocycles. The molecule has 1 aromatic heterocycles. The highest BCUT2D eigenvalue weighted by atomic mass is 19.4. The Labute approximate surface area is 173 Å². The van der Waals surface area contributed by atoms with Gasteiger partial charge in [-0.15, -0.1) is 0 Å². The molecule has 7 nitrogen and oxygen atoms in total.